The molecule has 3 aliphatic rings. The third-order valence-corrected chi connectivity index (χ3v) is 8.51. The molecule has 3 aliphatic heterocycles. The van der Waals surface area contributed by atoms with Crippen molar-refractivity contribution in [3.8, 4) is 5.75 Å². The number of likely N-dealkylation sites (tertiary alicyclic amines) is 1. The van der Waals surface area contributed by atoms with E-state index in [2.05, 4.69) is 25.6 Å². The highest BCUT2D eigenvalue weighted by atomic mass is 127. The van der Waals surface area contributed by atoms with Crippen LogP contribution in [0, 0.1) is 3.70 Å². The van der Waals surface area contributed by atoms with Crippen LogP contribution in [0.3, 0.4) is 0 Å². The van der Waals surface area contributed by atoms with E-state index < -0.39 is 5.91 Å². The molecule has 6 N–H and O–H groups in total. The van der Waals surface area contributed by atoms with Gasteiger partial charge in [-0.25, -0.2) is 9.97 Å². The predicted octanol–water partition coefficient (Wildman–Crippen LogP) is 1.85. The molecule has 2 amide bonds. The summed E-state index contributed by atoms with van der Waals surface area (Å²) in [7, 11) is 0. The minimum Gasteiger partial charge on any atom is -0.491 e. The Labute approximate surface area is 258 Å². The van der Waals surface area contributed by atoms with Crippen molar-refractivity contribution in [1.82, 2.24) is 25.5 Å². The highest BCUT2D eigenvalue weighted by Crippen LogP contribution is 2.26. The maximum absolute atomic E-state index is 12.9. The van der Waals surface area contributed by atoms with Crippen molar-refractivity contribution in [3.05, 3.63) is 39.2 Å². The van der Waals surface area contributed by atoms with Crippen LogP contribution in [0.2, 0.25) is 0 Å². The number of aliphatic imine (C=N–C) groups is 1. The molecule has 3 saturated heterocycles. The summed E-state index contributed by atoms with van der Waals surface area (Å²) in [5.74, 6) is 0.787. The number of rotatable bonds is 9. The van der Waals surface area contributed by atoms with Gasteiger partial charge in [-0.15, -0.1) is 0 Å². The average Bonchev–Trinajstić information content (AvgIpc) is 3.38. The summed E-state index contributed by atoms with van der Waals surface area (Å²) in [6, 6.07) is 7.86. The number of ether oxygens (including phenoxy) is 3. The number of carbonyl (C=O) groups is 2. The third kappa shape index (κ3) is 7.77. The summed E-state index contributed by atoms with van der Waals surface area (Å²) in [4.78, 5) is 39.7. The van der Waals surface area contributed by atoms with Gasteiger partial charge in [0.2, 0.25) is 5.91 Å². The van der Waals surface area contributed by atoms with Crippen LogP contribution in [0.4, 0.5) is 11.6 Å². The first-order valence-corrected chi connectivity index (χ1v) is 15.3. The van der Waals surface area contributed by atoms with Gasteiger partial charge in [-0.05, 0) is 78.8 Å². The van der Waals surface area contributed by atoms with Gasteiger partial charge >= 0.3 is 5.91 Å². The number of anilines is 2. The lowest BCUT2D eigenvalue weighted by Gasteiger charge is -2.38. The molecule has 5 rings (SSSR count). The van der Waals surface area contributed by atoms with Gasteiger partial charge < -0.3 is 41.2 Å². The highest BCUT2D eigenvalue weighted by molar-refractivity contribution is 14.1. The fourth-order valence-electron chi connectivity index (χ4n) is 5.24. The number of nitrogens with two attached hydrogens (primary N) is 2. The minimum absolute atomic E-state index is 0.0387. The number of hydrogen-bond donors (Lipinski definition) is 4. The quantitative estimate of drug-likeness (QED) is 0.223. The van der Waals surface area contributed by atoms with Gasteiger partial charge in [0.1, 0.15) is 16.1 Å². The van der Waals surface area contributed by atoms with Gasteiger partial charge in [-0.3, -0.25) is 9.59 Å². The first-order chi connectivity index (χ1) is 20.3. The van der Waals surface area contributed by atoms with E-state index in [-0.39, 0.29) is 35.1 Å². The average molecular weight is 693 g/mol. The second kappa shape index (κ2) is 13.8. The lowest BCUT2D eigenvalue weighted by molar-refractivity contribution is -0.165. The van der Waals surface area contributed by atoms with Crippen molar-refractivity contribution in [2.24, 2.45) is 4.99 Å². The molecule has 1 atom stereocenters. The first kappa shape index (κ1) is 30.2. The number of benzene rings is 1. The van der Waals surface area contributed by atoms with Crippen molar-refractivity contribution in [3.63, 3.8) is 0 Å². The molecule has 42 heavy (non-hydrogen) atoms. The van der Waals surface area contributed by atoms with Gasteiger partial charge in [0.25, 0.3) is 0 Å². The molecule has 1 spiro atoms. The van der Waals surface area contributed by atoms with Crippen LogP contribution in [-0.4, -0.2) is 83.9 Å². The Morgan fingerprint density at radius 2 is 1.90 bits per heavy atom. The number of nitrogens with one attached hydrogen (secondary N) is 2. The minimum atomic E-state index is -0.601. The number of amides is 2. The van der Waals surface area contributed by atoms with Gasteiger partial charge in [-0.2, -0.15) is 4.99 Å². The maximum Gasteiger partial charge on any atom is 0.302 e. The van der Waals surface area contributed by atoms with Crippen LogP contribution in [0.1, 0.15) is 54.6 Å². The molecule has 3 fully saturated rings. The van der Waals surface area contributed by atoms with Crippen molar-refractivity contribution in [2.75, 3.05) is 50.9 Å². The molecule has 226 valence electrons. The largest absolute Gasteiger partial charge is 0.491 e. The summed E-state index contributed by atoms with van der Waals surface area (Å²) in [6.07, 6.45) is 5.66. The molecule has 2 aromatic rings. The molecule has 0 aliphatic carbocycles. The van der Waals surface area contributed by atoms with E-state index in [1.807, 2.05) is 51.8 Å². The Morgan fingerprint density at radius 1 is 1.12 bits per heavy atom. The molecule has 0 saturated carbocycles. The smallest absolute Gasteiger partial charge is 0.302 e. The molecule has 1 aromatic heterocycles. The SMILES string of the molecule is Nc1nc(N)c(C(=O)/N=C2\NCC3(CCN(C(=O)CCc4ccc(OCCOC5CCCCO5)cc4)CC3)N2)nc1I. The molecule has 14 heteroatoms. The number of guanidine groups is 1. The van der Waals surface area contributed by atoms with Crippen LogP contribution >= 0.6 is 22.6 Å². The zero-order valence-electron chi connectivity index (χ0n) is 23.4. The number of aryl methyl sites for hydroxylation is 1. The molecular weight excluding hydrogens is 655 g/mol. The fraction of sp³-hybridized carbons (Fsp3) is 0.536. The summed E-state index contributed by atoms with van der Waals surface area (Å²) in [6.45, 7) is 3.59. The predicted molar refractivity (Wildman–Crippen MR) is 165 cm³/mol. The Balaban J connectivity index is 1.02. The Bertz CT molecular complexity index is 1290. The van der Waals surface area contributed by atoms with Crippen LogP contribution in [-0.2, 0) is 20.7 Å². The van der Waals surface area contributed by atoms with Gasteiger partial charge in [-0.1, -0.05) is 12.1 Å². The number of nitrogen functional groups attached to an aromatic ring is 2. The normalized spacial score (nSPS) is 20.7. The van der Waals surface area contributed by atoms with E-state index in [0.29, 0.717) is 55.3 Å². The Hall–Kier alpha value is -3.24. The zero-order valence-corrected chi connectivity index (χ0v) is 25.6. The van der Waals surface area contributed by atoms with Gasteiger partial charge in [0.05, 0.1) is 12.1 Å². The van der Waals surface area contributed by atoms with Crippen molar-refractivity contribution in [2.45, 2.75) is 56.8 Å². The van der Waals surface area contributed by atoms with E-state index in [4.69, 9.17) is 25.7 Å². The number of halogens is 1. The summed E-state index contributed by atoms with van der Waals surface area (Å²) in [5.41, 5.74) is 12.3. The lowest BCUT2D eigenvalue weighted by Crippen LogP contribution is -2.53. The molecule has 4 heterocycles. The molecule has 0 radical (unpaired) electrons. The summed E-state index contributed by atoms with van der Waals surface area (Å²) >= 11 is 1.89. The molecular formula is C28H37IN8O5. The molecule has 1 unspecified atom stereocenters. The van der Waals surface area contributed by atoms with E-state index in [1.54, 1.807) is 0 Å². The Kier molecular flexibility index (Phi) is 9.95. The van der Waals surface area contributed by atoms with Gasteiger partial charge in [0.15, 0.2) is 29.6 Å². The van der Waals surface area contributed by atoms with Crippen LogP contribution in [0.5, 0.6) is 5.75 Å². The van der Waals surface area contributed by atoms with Crippen molar-refractivity contribution >= 4 is 52.0 Å². The molecule has 13 nitrogen and oxygen atoms in total. The number of carbonyl (C=O) groups excluding carboxylic acids is 2. The van der Waals surface area contributed by atoms with E-state index in [9.17, 15) is 9.59 Å². The summed E-state index contributed by atoms with van der Waals surface area (Å²) in [5, 5.41) is 6.51. The maximum atomic E-state index is 12.9. The van der Waals surface area contributed by atoms with Crippen LogP contribution in [0.15, 0.2) is 29.3 Å². The zero-order chi connectivity index (χ0) is 29.5. The topological polar surface area (TPSA) is 179 Å². The van der Waals surface area contributed by atoms with Crippen molar-refractivity contribution < 1.29 is 23.8 Å². The Morgan fingerprint density at radius 3 is 2.64 bits per heavy atom. The number of hydrogen-bond acceptors (Lipinski definition) is 9. The van der Waals surface area contributed by atoms with Crippen LogP contribution in [0.25, 0.3) is 0 Å². The fourth-order valence-corrected chi connectivity index (χ4v) is 5.60. The third-order valence-electron chi connectivity index (χ3n) is 7.72. The number of piperidine rings is 1. The number of nitrogens with zero attached hydrogens (tertiary/aromatic N) is 4. The number of aromatic nitrogens is 2. The van der Waals surface area contributed by atoms with Crippen LogP contribution < -0.4 is 26.8 Å². The molecule has 1 aromatic carbocycles. The second-order valence-electron chi connectivity index (χ2n) is 10.7. The van der Waals surface area contributed by atoms with E-state index in [1.165, 1.54) is 0 Å². The van der Waals surface area contributed by atoms with Gasteiger partial charge in [0, 0.05) is 32.7 Å². The molecule has 0 bridgehead atoms. The first-order valence-electron chi connectivity index (χ1n) is 14.3. The standard InChI is InChI=1S/C28H37IN8O5/c29-23-25(31)34-24(30)22(33-23)26(39)35-27-32-17-28(36-27)10-12-37(13-11-28)20(38)9-6-18-4-7-19(8-5-18)40-15-16-42-21-3-1-2-14-41-21/h4-5,7-8,21H,1-3,6,9-17H2,(H4,30,31,34)(H2,32,35,36,39). The van der Waals surface area contributed by atoms with E-state index in [0.717, 1.165) is 50.0 Å². The van der Waals surface area contributed by atoms with Crippen molar-refractivity contribution in [1.29, 1.82) is 0 Å². The lowest BCUT2D eigenvalue weighted by atomic mass is 9.88. The second-order valence-corrected chi connectivity index (χ2v) is 11.7. The monoisotopic (exact) mass is 692 g/mol. The highest BCUT2D eigenvalue weighted by Gasteiger charge is 2.40. The summed E-state index contributed by atoms with van der Waals surface area (Å²) < 4.78 is 17.4. The van der Waals surface area contributed by atoms with E-state index >= 15 is 0 Å².